The molecule has 3 nitrogen and oxygen atoms in total. The maximum atomic E-state index is 13.6. The van der Waals surface area contributed by atoms with E-state index in [0.29, 0.717) is 0 Å². The molecule has 0 heterocycles. The van der Waals surface area contributed by atoms with Gasteiger partial charge in [0.05, 0.1) is 0 Å². The van der Waals surface area contributed by atoms with Crippen LogP contribution in [0.15, 0.2) is 24.3 Å². The van der Waals surface area contributed by atoms with Crippen molar-refractivity contribution in [2.75, 3.05) is 38.0 Å². The molecular formula is C24H37N2OP. The van der Waals surface area contributed by atoms with E-state index < -0.39 is 7.80 Å². The molecule has 0 amide bonds. The topological polar surface area (TPSA) is 23.6 Å². The predicted octanol–water partition coefficient (Wildman–Crippen LogP) is 4.58. The average molecular weight is 401 g/mol. The Balaban J connectivity index is 2.63. The first-order valence-corrected chi connectivity index (χ1v) is 11.9. The van der Waals surface area contributed by atoms with Crippen LogP contribution in [0.2, 0.25) is 0 Å². The summed E-state index contributed by atoms with van der Waals surface area (Å²) in [7, 11) is 6.34. The lowest BCUT2D eigenvalue weighted by Crippen LogP contribution is -2.19. The SMILES string of the molecule is CCc1cc([PH](=O)c2cc(CC)c(N(C)C)c(CC)c2)cc(CC)c1N(C)C. The number of hydrogen-bond donors (Lipinski definition) is 0. The first kappa shape index (κ1) is 22.6. The Hall–Kier alpha value is -1.73. The molecule has 0 bridgehead atoms. The fourth-order valence-electron chi connectivity index (χ4n) is 4.18. The predicted molar refractivity (Wildman–Crippen MR) is 127 cm³/mol. The Morgan fingerprint density at radius 2 is 0.857 bits per heavy atom. The molecule has 0 radical (unpaired) electrons. The van der Waals surface area contributed by atoms with Crippen LogP contribution in [0.1, 0.15) is 49.9 Å². The molecule has 0 aliphatic rings. The van der Waals surface area contributed by atoms with Crippen molar-refractivity contribution in [3.8, 4) is 0 Å². The van der Waals surface area contributed by atoms with Crippen LogP contribution in [0.5, 0.6) is 0 Å². The third kappa shape index (κ3) is 4.46. The summed E-state index contributed by atoms with van der Waals surface area (Å²) in [6, 6.07) is 8.69. The van der Waals surface area contributed by atoms with E-state index in [0.717, 1.165) is 36.3 Å². The van der Waals surface area contributed by atoms with Crippen LogP contribution in [0.3, 0.4) is 0 Å². The summed E-state index contributed by atoms with van der Waals surface area (Å²) in [5.74, 6) is 0. The monoisotopic (exact) mass is 400 g/mol. The van der Waals surface area contributed by atoms with Gasteiger partial charge in [-0.25, -0.2) is 0 Å². The zero-order chi connectivity index (χ0) is 21.0. The molecule has 0 spiro atoms. The summed E-state index contributed by atoms with van der Waals surface area (Å²) in [4.78, 5) is 4.38. The zero-order valence-corrected chi connectivity index (χ0v) is 19.9. The zero-order valence-electron chi connectivity index (χ0n) is 18.9. The van der Waals surface area contributed by atoms with E-state index in [1.165, 1.54) is 33.6 Å². The highest BCUT2D eigenvalue weighted by atomic mass is 31.1. The molecule has 2 aromatic carbocycles. The fourth-order valence-corrected chi connectivity index (χ4v) is 5.73. The van der Waals surface area contributed by atoms with Crippen LogP contribution in [0.4, 0.5) is 11.4 Å². The van der Waals surface area contributed by atoms with Gasteiger partial charge in [-0.05, 0) is 72.2 Å². The maximum Gasteiger partial charge on any atom is 0.131 e. The highest BCUT2D eigenvalue weighted by Crippen LogP contribution is 2.32. The molecular weight excluding hydrogens is 363 g/mol. The van der Waals surface area contributed by atoms with Crippen LogP contribution in [-0.4, -0.2) is 28.2 Å². The summed E-state index contributed by atoms with van der Waals surface area (Å²) >= 11 is 0. The second-order valence-corrected chi connectivity index (χ2v) is 9.63. The molecule has 0 saturated heterocycles. The molecule has 154 valence electrons. The van der Waals surface area contributed by atoms with Crippen LogP contribution in [0.25, 0.3) is 0 Å². The maximum absolute atomic E-state index is 13.6. The highest BCUT2D eigenvalue weighted by Gasteiger charge is 2.18. The van der Waals surface area contributed by atoms with E-state index >= 15 is 0 Å². The van der Waals surface area contributed by atoms with Crippen molar-refractivity contribution in [1.82, 2.24) is 0 Å². The number of nitrogens with zero attached hydrogens (tertiary/aromatic N) is 2. The van der Waals surface area contributed by atoms with E-state index in [2.05, 4.69) is 90.0 Å². The minimum Gasteiger partial charge on any atom is -0.377 e. The minimum absolute atomic E-state index is 0.948. The average Bonchev–Trinajstić information content (AvgIpc) is 2.70. The van der Waals surface area contributed by atoms with Crippen molar-refractivity contribution in [3.05, 3.63) is 46.5 Å². The lowest BCUT2D eigenvalue weighted by molar-refractivity contribution is 0.598. The third-order valence-corrected chi connectivity index (χ3v) is 7.10. The number of benzene rings is 2. The quantitative estimate of drug-likeness (QED) is 0.606. The molecule has 0 fully saturated rings. The first-order valence-electron chi connectivity index (χ1n) is 10.5. The molecule has 0 saturated carbocycles. The van der Waals surface area contributed by atoms with Gasteiger partial charge in [0.1, 0.15) is 7.80 Å². The Kier molecular flexibility index (Phi) is 7.78. The molecule has 0 atom stereocenters. The first-order chi connectivity index (χ1) is 13.3. The summed E-state index contributed by atoms with van der Waals surface area (Å²) in [6.07, 6.45) is 3.79. The largest absolute Gasteiger partial charge is 0.377 e. The van der Waals surface area contributed by atoms with Crippen molar-refractivity contribution >= 4 is 29.8 Å². The normalized spacial score (nSPS) is 11.2. The van der Waals surface area contributed by atoms with Crippen LogP contribution < -0.4 is 20.4 Å². The lowest BCUT2D eigenvalue weighted by Gasteiger charge is -2.24. The Labute approximate surface area is 172 Å². The van der Waals surface area contributed by atoms with E-state index in [1.807, 2.05) is 0 Å². The molecule has 28 heavy (non-hydrogen) atoms. The van der Waals surface area contributed by atoms with Gasteiger partial charge in [0, 0.05) is 50.2 Å². The third-order valence-electron chi connectivity index (χ3n) is 5.48. The molecule has 2 rings (SSSR count). The van der Waals surface area contributed by atoms with E-state index in [9.17, 15) is 4.57 Å². The van der Waals surface area contributed by atoms with Gasteiger partial charge in [-0.1, -0.05) is 27.7 Å². The van der Waals surface area contributed by atoms with Gasteiger partial charge in [0.2, 0.25) is 0 Å². The molecule has 4 heteroatoms. The van der Waals surface area contributed by atoms with Crippen LogP contribution in [-0.2, 0) is 30.2 Å². The summed E-state index contributed by atoms with van der Waals surface area (Å²) in [6.45, 7) is 8.72. The molecule has 0 aliphatic carbocycles. The lowest BCUT2D eigenvalue weighted by atomic mass is 10.0. The number of aryl methyl sites for hydroxylation is 4. The van der Waals surface area contributed by atoms with Crippen molar-refractivity contribution in [3.63, 3.8) is 0 Å². The molecule has 2 aromatic rings. The summed E-state index contributed by atoms with van der Waals surface area (Å²) in [5.41, 5.74) is 7.72. The van der Waals surface area contributed by atoms with Gasteiger partial charge in [-0.3, -0.25) is 0 Å². The van der Waals surface area contributed by atoms with Gasteiger partial charge >= 0.3 is 0 Å². The van der Waals surface area contributed by atoms with E-state index in [1.54, 1.807) is 0 Å². The van der Waals surface area contributed by atoms with Crippen LogP contribution >= 0.6 is 7.80 Å². The standard InChI is InChI=1S/C24H37N2OP/c1-9-17-13-21(14-18(10-2)23(17)25(5)6)28(27)22-15-19(11-3)24(26(7)8)20(12-4)16-22/h13-16,28H,9-12H2,1-8H3. The Morgan fingerprint density at radius 3 is 1.04 bits per heavy atom. The van der Waals surface area contributed by atoms with Gasteiger partial charge < -0.3 is 14.4 Å². The molecule has 0 aromatic heterocycles. The molecule has 0 N–H and O–H groups in total. The second-order valence-electron chi connectivity index (χ2n) is 7.82. The Bertz CT molecular complexity index is 736. The summed E-state index contributed by atoms with van der Waals surface area (Å²) < 4.78 is 13.6. The van der Waals surface area contributed by atoms with Gasteiger partial charge in [0.25, 0.3) is 0 Å². The summed E-state index contributed by atoms with van der Waals surface area (Å²) in [5, 5.41) is 1.98. The second kappa shape index (κ2) is 9.65. The van der Waals surface area contributed by atoms with Gasteiger partial charge in [0.15, 0.2) is 0 Å². The Morgan fingerprint density at radius 1 is 0.607 bits per heavy atom. The minimum atomic E-state index is -2.04. The van der Waals surface area contributed by atoms with Crippen molar-refractivity contribution in [2.24, 2.45) is 0 Å². The van der Waals surface area contributed by atoms with E-state index in [-0.39, 0.29) is 0 Å². The van der Waals surface area contributed by atoms with Crippen molar-refractivity contribution in [1.29, 1.82) is 0 Å². The van der Waals surface area contributed by atoms with E-state index in [4.69, 9.17) is 0 Å². The number of anilines is 2. The number of hydrogen-bond acceptors (Lipinski definition) is 3. The van der Waals surface area contributed by atoms with Gasteiger partial charge in [-0.2, -0.15) is 0 Å². The van der Waals surface area contributed by atoms with Gasteiger partial charge in [-0.15, -0.1) is 0 Å². The number of rotatable bonds is 8. The fraction of sp³-hybridized carbons (Fsp3) is 0.500. The van der Waals surface area contributed by atoms with Crippen molar-refractivity contribution < 1.29 is 4.57 Å². The highest BCUT2D eigenvalue weighted by molar-refractivity contribution is 7.61. The van der Waals surface area contributed by atoms with Crippen molar-refractivity contribution in [2.45, 2.75) is 53.4 Å². The molecule has 0 unspecified atom stereocenters. The van der Waals surface area contributed by atoms with Crippen LogP contribution in [0, 0.1) is 0 Å². The smallest absolute Gasteiger partial charge is 0.131 e. The molecule has 0 aliphatic heterocycles.